The van der Waals surface area contributed by atoms with Gasteiger partial charge in [-0.25, -0.2) is 22.0 Å². The van der Waals surface area contributed by atoms with Gasteiger partial charge in [0.2, 0.25) is 5.82 Å². The molecule has 0 saturated heterocycles. The topological polar surface area (TPSA) is 38.8 Å². The number of fused-ring (bicyclic) bond motifs is 1. The lowest BCUT2D eigenvalue weighted by Crippen LogP contribution is -2.41. The summed E-state index contributed by atoms with van der Waals surface area (Å²) in [4.78, 5) is 12.2. The van der Waals surface area contributed by atoms with Crippen molar-refractivity contribution in [1.29, 1.82) is 0 Å². The van der Waals surface area contributed by atoms with Crippen LogP contribution in [0.25, 0.3) is 0 Å². The van der Waals surface area contributed by atoms with Gasteiger partial charge in [0.25, 0.3) is 5.91 Å². The number of methoxy groups -OCH3 is 2. The van der Waals surface area contributed by atoms with E-state index in [-0.39, 0.29) is 27.5 Å². The molecule has 0 aliphatic carbocycles. The van der Waals surface area contributed by atoms with Crippen molar-refractivity contribution in [2.45, 2.75) is 12.6 Å². The number of halogens is 7. The molecule has 2 aromatic rings. The Bertz CT molecular complexity index is 964. The molecule has 1 aliphatic heterocycles. The molecule has 0 fully saturated rings. The zero-order valence-electron chi connectivity index (χ0n) is 14.2. The van der Waals surface area contributed by atoms with Gasteiger partial charge in [-0.05, 0) is 11.6 Å². The first-order chi connectivity index (χ1) is 13.1. The van der Waals surface area contributed by atoms with Crippen molar-refractivity contribution in [3.05, 3.63) is 57.9 Å². The van der Waals surface area contributed by atoms with Crippen molar-refractivity contribution < 1.29 is 45.0 Å². The summed E-state index contributed by atoms with van der Waals surface area (Å²) in [6.07, 6.45) is 0. The SMILES string of the molecule is COc1ccc2c(c1OC)C(=O)N(C(F)(F)c1c(F)c(F)c(F)c(F)c1F)C2. The molecule has 1 amide bonds. The van der Waals surface area contributed by atoms with Crippen LogP contribution in [0.4, 0.5) is 30.7 Å². The Hall–Kier alpha value is -2.98. The molecular weight excluding hydrogens is 399 g/mol. The number of nitrogens with zero attached hydrogens (tertiary/aromatic N) is 1. The number of amides is 1. The summed E-state index contributed by atoms with van der Waals surface area (Å²) in [5.41, 5.74) is -2.80. The average Bonchev–Trinajstić information content (AvgIpc) is 3.01. The van der Waals surface area contributed by atoms with E-state index >= 15 is 0 Å². The van der Waals surface area contributed by atoms with Crippen molar-refractivity contribution in [2.24, 2.45) is 0 Å². The van der Waals surface area contributed by atoms with Crippen LogP contribution in [0.1, 0.15) is 21.5 Å². The number of hydrogen-bond acceptors (Lipinski definition) is 3. The number of benzene rings is 2. The Morgan fingerprint density at radius 3 is 1.93 bits per heavy atom. The summed E-state index contributed by atoms with van der Waals surface area (Å²) < 4.78 is 107. The molecule has 2 aromatic carbocycles. The summed E-state index contributed by atoms with van der Waals surface area (Å²) >= 11 is 0. The van der Waals surface area contributed by atoms with Gasteiger partial charge in [0.1, 0.15) is 5.56 Å². The standard InChI is InChI=1S/C17H10F7NO3/c1-27-7-4-3-6-5-25(16(26)8(6)15(7)28-2)17(23,24)9-10(18)12(20)14(22)13(21)11(9)19/h3-4H,5H2,1-2H3. The van der Waals surface area contributed by atoms with Gasteiger partial charge < -0.3 is 9.47 Å². The molecule has 1 aliphatic rings. The van der Waals surface area contributed by atoms with Gasteiger partial charge in [-0.2, -0.15) is 8.78 Å². The summed E-state index contributed by atoms with van der Waals surface area (Å²) in [6, 6.07) is -2.30. The highest BCUT2D eigenvalue weighted by atomic mass is 19.3. The lowest BCUT2D eigenvalue weighted by Gasteiger charge is -2.28. The minimum absolute atomic E-state index is 0.00815. The third kappa shape index (κ3) is 2.56. The van der Waals surface area contributed by atoms with Crippen molar-refractivity contribution in [1.82, 2.24) is 4.90 Å². The Balaban J connectivity index is 2.17. The van der Waals surface area contributed by atoms with E-state index in [1.54, 1.807) is 0 Å². The first-order valence-electron chi connectivity index (χ1n) is 7.53. The molecule has 11 heteroatoms. The maximum atomic E-state index is 14.8. The van der Waals surface area contributed by atoms with Gasteiger partial charge in [0.05, 0.1) is 26.3 Å². The molecule has 3 rings (SSSR count). The quantitative estimate of drug-likeness (QED) is 0.330. The van der Waals surface area contributed by atoms with Gasteiger partial charge in [-0.3, -0.25) is 9.69 Å². The fraction of sp³-hybridized carbons (Fsp3) is 0.235. The van der Waals surface area contributed by atoms with E-state index in [0.717, 1.165) is 7.11 Å². The third-order valence-corrected chi connectivity index (χ3v) is 4.27. The van der Waals surface area contributed by atoms with Crippen LogP contribution in [0.15, 0.2) is 12.1 Å². The first kappa shape index (κ1) is 19.8. The zero-order valence-corrected chi connectivity index (χ0v) is 14.2. The number of alkyl halides is 2. The Morgan fingerprint density at radius 2 is 1.43 bits per heavy atom. The lowest BCUT2D eigenvalue weighted by molar-refractivity contribution is -0.137. The summed E-state index contributed by atoms with van der Waals surface area (Å²) in [5, 5.41) is 0. The number of rotatable bonds is 4. The van der Waals surface area contributed by atoms with Crippen molar-refractivity contribution in [3.63, 3.8) is 0 Å². The molecule has 0 aromatic heterocycles. The highest BCUT2D eigenvalue weighted by Crippen LogP contribution is 2.45. The van der Waals surface area contributed by atoms with Crippen LogP contribution in [0, 0.1) is 29.1 Å². The van der Waals surface area contributed by atoms with Crippen LogP contribution >= 0.6 is 0 Å². The van der Waals surface area contributed by atoms with Crippen LogP contribution in [0.2, 0.25) is 0 Å². The van der Waals surface area contributed by atoms with E-state index in [1.165, 1.54) is 19.2 Å². The largest absolute Gasteiger partial charge is 0.493 e. The smallest absolute Gasteiger partial charge is 0.361 e. The molecule has 0 unspecified atom stereocenters. The lowest BCUT2D eigenvalue weighted by atomic mass is 10.1. The normalized spacial score (nSPS) is 13.8. The first-order valence-corrected chi connectivity index (χ1v) is 7.53. The average molecular weight is 409 g/mol. The maximum absolute atomic E-state index is 14.8. The van der Waals surface area contributed by atoms with E-state index < -0.39 is 53.1 Å². The molecular formula is C17H10F7NO3. The molecule has 0 radical (unpaired) electrons. The number of carbonyl (C=O) groups is 1. The molecule has 0 spiro atoms. The molecule has 0 N–H and O–H groups in total. The Kier molecular flexibility index (Phi) is 4.64. The van der Waals surface area contributed by atoms with E-state index in [2.05, 4.69) is 0 Å². The Morgan fingerprint density at radius 1 is 0.893 bits per heavy atom. The van der Waals surface area contributed by atoms with Crippen LogP contribution in [-0.4, -0.2) is 25.0 Å². The molecule has 150 valence electrons. The van der Waals surface area contributed by atoms with Crippen molar-refractivity contribution in [2.75, 3.05) is 14.2 Å². The monoisotopic (exact) mass is 409 g/mol. The van der Waals surface area contributed by atoms with E-state index in [1.807, 2.05) is 0 Å². The summed E-state index contributed by atoms with van der Waals surface area (Å²) in [6.45, 7) is -0.860. The second kappa shape index (κ2) is 6.57. The number of carbonyl (C=O) groups excluding carboxylic acids is 1. The molecule has 4 nitrogen and oxygen atoms in total. The van der Waals surface area contributed by atoms with Gasteiger partial charge >= 0.3 is 6.05 Å². The van der Waals surface area contributed by atoms with Crippen molar-refractivity contribution in [3.8, 4) is 11.5 Å². The third-order valence-electron chi connectivity index (χ3n) is 4.27. The highest BCUT2D eigenvalue weighted by molar-refractivity contribution is 6.02. The van der Waals surface area contributed by atoms with E-state index in [4.69, 9.17) is 9.47 Å². The maximum Gasteiger partial charge on any atom is 0.361 e. The zero-order chi connectivity index (χ0) is 21.0. The Labute approximate surface area is 153 Å². The second-order valence-corrected chi connectivity index (χ2v) is 5.71. The predicted octanol–water partition coefficient (Wildman–Crippen LogP) is 4.10. The van der Waals surface area contributed by atoms with Crippen LogP contribution in [-0.2, 0) is 12.6 Å². The van der Waals surface area contributed by atoms with Crippen LogP contribution in [0.5, 0.6) is 11.5 Å². The van der Waals surface area contributed by atoms with Gasteiger partial charge in [0, 0.05) is 0 Å². The molecule has 1 heterocycles. The summed E-state index contributed by atoms with van der Waals surface area (Å²) in [7, 11) is 2.36. The fourth-order valence-corrected chi connectivity index (χ4v) is 2.94. The van der Waals surface area contributed by atoms with E-state index in [0.29, 0.717) is 0 Å². The van der Waals surface area contributed by atoms with Gasteiger partial charge in [0.15, 0.2) is 34.8 Å². The summed E-state index contributed by atoms with van der Waals surface area (Å²) in [5.74, 6) is -14.7. The minimum atomic E-state index is -4.85. The number of ether oxygens (including phenoxy) is 2. The second-order valence-electron chi connectivity index (χ2n) is 5.71. The molecule has 0 atom stereocenters. The molecule has 0 saturated carbocycles. The molecule has 0 bridgehead atoms. The van der Waals surface area contributed by atoms with Crippen LogP contribution < -0.4 is 9.47 Å². The highest BCUT2D eigenvalue weighted by Gasteiger charge is 2.52. The minimum Gasteiger partial charge on any atom is -0.493 e. The van der Waals surface area contributed by atoms with Gasteiger partial charge in [-0.15, -0.1) is 0 Å². The van der Waals surface area contributed by atoms with E-state index in [9.17, 15) is 35.5 Å². The fourth-order valence-electron chi connectivity index (χ4n) is 2.94. The predicted molar refractivity (Wildman–Crippen MR) is 79.5 cm³/mol. The number of hydrogen-bond donors (Lipinski definition) is 0. The molecule has 28 heavy (non-hydrogen) atoms. The van der Waals surface area contributed by atoms with Gasteiger partial charge in [-0.1, -0.05) is 6.07 Å². The van der Waals surface area contributed by atoms with Crippen LogP contribution in [0.3, 0.4) is 0 Å². The van der Waals surface area contributed by atoms with Crippen molar-refractivity contribution >= 4 is 5.91 Å².